The molecule has 0 amide bonds. The molecule has 0 unspecified atom stereocenters. The fraction of sp³-hybridized carbons (Fsp3) is 0.0526. The maximum Gasteiger partial charge on any atom is 0.245 e. The molecular formula is C38H29N2O4P. The molecule has 7 rings (SSSR count). The van der Waals surface area contributed by atoms with E-state index in [4.69, 9.17) is 4.74 Å². The summed E-state index contributed by atoms with van der Waals surface area (Å²) in [5.74, 6) is 0.677. The molecule has 0 saturated carbocycles. The molecule has 0 N–H and O–H groups in total. The van der Waals surface area contributed by atoms with E-state index >= 15 is 4.79 Å². The minimum Gasteiger partial charge on any atom is -0.805 e. The zero-order valence-corrected chi connectivity index (χ0v) is 25.4. The van der Waals surface area contributed by atoms with Crippen LogP contribution in [0.1, 0.15) is 6.92 Å². The standard InChI is InChI=1S/C38H29N2O4P/c1-2-44-28-24-22-27(23-25-28)32-26-35-36(40(43)34-21-13-12-20-33(34)39(35)42)38(37(32)41)45(29-14-6-3-7-15-29,30-16-8-4-9-17-30)31-18-10-5-11-19-31/h3-26H,2H2,1H3. The van der Waals surface area contributed by atoms with Gasteiger partial charge in [-0.05, 0) is 67.1 Å². The van der Waals surface area contributed by atoms with Crippen molar-refractivity contribution in [1.82, 2.24) is 4.73 Å². The number of fused-ring (bicyclic) bond motifs is 2. The lowest BCUT2D eigenvalue weighted by Gasteiger charge is -2.31. The molecule has 0 aromatic heterocycles. The van der Waals surface area contributed by atoms with E-state index < -0.39 is 7.26 Å². The van der Waals surface area contributed by atoms with Crippen LogP contribution >= 0.6 is 7.26 Å². The normalized spacial score (nSPS) is 11.6. The summed E-state index contributed by atoms with van der Waals surface area (Å²) >= 11 is 0. The van der Waals surface area contributed by atoms with Gasteiger partial charge < -0.3 is 19.9 Å². The Morgan fingerprint density at radius 2 is 1.22 bits per heavy atom. The summed E-state index contributed by atoms with van der Waals surface area (Å²) < 4.78 is 7.23. The van der Waals surface area contributed by atoms with E-state index in [2.05, 4.69) is 0 Å². The number of hydrogen-bond donors (Lipinski definition) is 0. The van der Waals surface area contributed by atoms with Crippen LogP contribution in [0.5, 0.6) is 5.75 Å². The van der Waals surface area contributed by atoms with Gasteiger partial charge >= 0.3 is 0 Å². The van der Waals surface area contributed by atoms with Crippen LogP contribution in [0.2, 0.25) is 0 Å². The quantitative estimate of drug-likeness (QED) is 0.0996. The van der Waals surface area contributed by atoms with E-state index in [1.54, 1.807) is 30.3 Å². The highest BCUT2D eigenvalue weighted by atomic mass is 31.2. The molecule has 0 bridgehead atoms. The second-order valence-electron chi connectivity index (χ2n) is 10.7. The van der Waals surface area contributed by atoms with Crippen molar-refractivity contribution in [2.75, 3.05) is 6.61 Å². The Labute approximate surface area is 261 Å². The van der Waals surface area contributed by atoms with E-state index in [0.717, 1.165) is 25.4 Å². The van der Waals surface area contributed by atoms with Gasteiger partial charge in [-0.1, -0.05) is 78.9 Å². The Bertz CT molecular complexity index is 2050. The highest BCUT2D eigenvalue weighted by Crippen LogP contribution is 2.55. The number of para-hydroxylation sites is 2. The smallest absolute Gasteiger partial charge is 0.245 e. The van der Waals surface area contributed by atoms with E-state index in [-0.39, 0.29) is 27.9 Å². The number of ether oxygens (including phenoxy) is 1. The first-order chi connectivity index (χ1) is 22.1. The average molecular weight is 609 g/mol. The molecule has 2 aliphatic rings. The molecule has 6 nitrogen and oxygen atoms in total. The van der Waals surface area contributed by atoms with Gasteiger partial charge in [-0.3, -0.25) is 4.79 Å². The number of benzene rings is 6. The Kier molecular flexibility index (Phi) is 7.28. The highest BCUT2D eigenvalue weighted by Gasteiger charge is 2.53. The molecule has 0 saturated heterocycles. The summed E-state index contributed by atoms with van der Waals surface area (Å²) in [6, 6.07) is 45.2. The lowest BCUT2D eigenvalue weighted by Crippen LogP contribution is -2.48. The summed E-state index contributed by atoms with van der Waals surface area (Å²) in [6.07, 6.45) is 0. The fourth-order valence-corrected chi connectivity index (χ4v) is 10.7. The van der Waals surface area contributed by atoms with Crippen LogP contribution in [0.15, 0.2) is 150 Å². The Hall–Kier alpha value is -5.45. The summed E-state index contributed by atoms with van der Waals surface area (Å²) in [6.45, 7) is 2.42. The Balaban J connectivity index is 1.74. The largest absolute Gasteiger partial charge is 0.805 e. The van der Waals surface area contributed by atoms with Crippen LogP contribution in [0.3, 0.4) is 0 Å². The third kappa shape index (κ3) is 4.54. The average Bonchev–Trinajstić information content (AvgIpc) is 3.10. The van der Waals surface area contributed by atoms with Gasteiger partial charge in [0.25, 0.3) is 0 Å². The molecule has 1 heterocycles. The number of rotatable bonds is 7. The van der Waals surface area contributed by atoms with Gasteiger partial charge in [0.1, 0.15) is 27.2 Å². The summed E-state index contributed by atoms with van der Waals surface area (Å²) in [5, 5.41) is 31.8. The van der Waals surface area contributed by atoms with Crippen molar-refractivity contribution in [3.8, 4) is 28.3 Å². The molecule has 0 radical (unpaired) electrons. The van der Waals surface area contributed by atoms with Crippen LogP contribution in [0, 0.1) is 10.4 Å². The number of hydrogen-bond acceptors (Lipinski definition) is 4. The maximum absolute atomic E-state index is 15.3. The molecule has 220 valence electrons. The topological polar surface area (TPSA) is 81.2 Å². The number of nitrogens with zero attached hydrogens (tertiary/aromatic N) is 2. The predicted octanol–water partition coefficient (Wildman–Crippen LogP) is 5.77. The van der Waals surface area contributed by atoms with Gasteiger partial charge in [-0.15, -0.1) is 0 Å². The molecule has 0 atom stereocenters. The first kappa shape index (κ1) is 28.3. The van der Waals surface area contributed by atoms with Gasteiger partial charge in [-0.2, -0.15) is 4.73 Å². The van der Waals surface area contributed by atoms with Crippen LogP contribution in [0.4, 0.5) is 0 Å². The van der Waals surface area contributed by atoms with Crippen LogP contribution in [0.25, 0.3) is 33.5 Å². The van der Waals surface area contributed by atoms with Crippen molar-refractivity contribution in [2.45, 2.75) is 6.92 Å². The minimum absolute atomic E-state index is 0.0771. The summed E-state index contributed by atoms with van der Waals surface area (Å²) in [4.78, 5) is 15.3. The van der Waals surface area contributed by atoms with Gasteiger partial charge in [0.05, 0.1) is 6.61 Å². The first-order valence-corrected chi connectivity index (χ1v) is 16.6. The van der Waals surface area contributed by atoms with Crippen LogP contribution in [-0.2, 0) is 0 Å². The maximum atomic E-state index is 15.3. The molecule has 0 fully saturated rings. The molecule has 0 spiro atoms. The van der Waals surface area contributed by atoms with E-state index in [0.29, 0.717) is 28.8 Å². The van der Waals surface area contributed by atoms with Crippen molar-refractivity contribution < 1.29 is 9.47 Å². The zero-order chi connectivity index (χ0) is 31.0. The van der Waals surface area contributed by atoms with Crippen molar-refractivity contribution in [3.63, 3.8) is 0 Å². The molecule has 1 aliphatic heterocycles. The SMILES string of the molecule is CCOc1ccc(-c2cc3[n+]([O-])c4ccccc4n([O-])c-3c([P+](c3ccccc3)(c3ccccc3)c3ccccc3)c2=O)cc1. The first-order valence-electron chi connectivity index (χ1n) is 14.8. The van der Waals surface area contributed by atoms with Gasteiger partial charge in [0, 0.05) is 17.7 Å². The van der Waals surface area contributed by atoms with Crippen LogP contribution in [-0.4, -0.2) is 11.3 Å². The van der Waals surface area contributed by atoms with E-state index in [1.807, 2.05) is 122 Å². The molecule has 5 aromatic carbocycles. The monoisotopic (exact) mass is 608 g/mol. The lowest BCUT2D eigenvalue weighted by atomic mass is 10.0. The van der Waals surface area contributed by atoms with E-state index in [1.165, 1.54) is 0 Å². The van der Waals surface area contributed by atoms with Crippen molar-refractivity contribution in [3.05, 3.63) is 166 Å². The molecule has 5 aromatic rings. The van der Waals surface area contributed by atoms with Gasteiger partial charge in [0.2, 0.25) is 16.6 Å². The molecule has 1 aliphatic carbocycles. The highest BCUT2D eigenvalue weighted by molar-refractivity contribution is 8.01. The Morgan fingerprint density at radius 1 is 0.711 bits per heavy atom. The molecule has 45 heavy (non-hydrogen) atoms. The van der Waals surface area contributed by atoms with Crippen molar-refractivity contribution in [1.29, 1.82) is 0 Å². The van der Waals surface area contributed by atoms with E-state index in [9.17, 15) is 10.4 Å². The second-order valence-corrected chi connectivity index (χ2v) is 14.0. The second kappa shape index (κ2) is 11.6. The minimum atomic E-state index is -3.09. The summed E-state index contributed by atoms with van der Waals surface area (Å²) in [5.41, 5.74) is 1.31. The predicted molar refractivity (Wildman–Crippen MR) is 184 cm³/mol. The summed E-state index contributed by atoms with van der Waals surface area (Å²) in [7, 11) is -3.09. The Morgan fingerprint density at radius 3 is 1.76 bits per heavy atom. The zero-order valence-electron chi connectivity index (χ0n) is 24.5. The molecular weight excluding hydrogens is 579 g/mol. The fourth-order valence-electron chi connectivity index (χ4n) is 6.25. The molecule has 7 heteroatoms. The van der Waals surface area contributed by atoms with Crippen LogP contribution < -0.4 is 36.1 Å². The van der Waals surface area contributed by atoms with Crippen molar-refractivity contribution >= 4 is 39.5 Å². The van der Waals surface area contributed by atoms with Crippen molar-refractivity contribution in [2.24, 2.45) is 0 Å². The third-order valence-electron chi connectivity index (χ3n) is 8.19. The van der Waals surface area contributed by atoms with Gasteiger partial charge in [0.15, 0.2) is 18.3 Å². The van der Waals surface area contributed by atoms with Gasteiger partial charge in [-0.25, -0.2) is 0 Å². The number of aromatic nitrogens is 2. The third-order valence-corrected chi connectivity index (χ3v) is 12.5. The lowest BCUT2D eigenvalue weighted by molar-refractivity contribution is -0.565.